The lowest BCUT2D eigenvalue weighted by atomic mass is 9.55. The number of carbonyl (C=O) groups excluding carboxylic acids is 2. The highest BCUT2D eigenvalue weighted by molar-refractivity contribution is 6.03. The summed E-state index contributed by atoms with van der Waals surface area (Å²) < 4.78 is 20.3. The Kier molecular flexibility index (Phi) is 16.8. The molecule has 68 heavy (non-hydrogen) atoms. The molecule has 0 aromatic heterocycles. The Balaban J connectivity index is 1.40. The van der Waals surface area contributed by atoms with E-state index in [9.17, 15) is 30.4 Å². The van der Waals surface area contributed by atoms with E-state index in [2.05, 4.69) is 24.0 Å². The van der Waals surface area contributed by atoms with Crippen molar-refractivity contribution in [1.29, 1.82) is 5.26 Å². The molecule has 0 radical (unpaired) electrons. The highest BCUT2D eigenvalue weighted by Gasteiger charge is 2.65. The van der Waals surface area contributed by atoms with E-state index >= 15 is 4.79 Å². The van der Waals surface area contributed by atoms with Gasteiger partial charge in [0, 0.05) is 61.9 Å². The lowest BCUT2D eigenvalue weighted by Gasteiger charge is -2.60. The number of amides is 2. The molecule has 2 amide bonds. The monoisotopic (exact) mass is 925 g/mol. The third-order valence-corrected chi connectivity index (χ3v) is 13.1. The maximum Gasteiger partial charge on any atom is 0.412 e. The fourth-order valence-electron chi connectivity index (χ4n) is 10.0. The average Bonchev–Trinajstić information content (AvgIpc) is 3.36. The lowest BCUT2D eigenvalue weighted by molar-refractivity contribution is -0.384. The van der Waals surface area contributed by atoms with Gasteiger partial charge in [0.15, 0.2) is 0 Å². The van der Waals surface area contributed by atoms with Crippen molar-refractivity contribution in [3.05, 3.63) is 159 Å². The summed E-state index contributed by atoms with van der Waals surface area (Å²) in [4.78, 5) is 47.2. The molecular formula is C53H59N5O10. The Bertz CT molecular complexity index is 2490. The number of rotatable bonds is 22. The number of nitro benzene ring substituents is 1. The van der Waals surface area contributed by atoms with E-state index in [0.29, 0.717) is 72.5 Å². The van der Waals surface area contributed by atoms with Gasteiger partial charge in [-0.2, -0.15) is 5.26 Å². The number of allylic oxidation sites excluding steroid dienone is 1. The van der Waals surface area contributed by atoms with Crippen LogP contribution >= 0.6 is 0 Å². The van der Waals surface area contributed by atoms with Crippen LogP contribution < -0.4 is 14.8 Å². The fourth-order valence-corrected chi connectivity index (χ4v) is 10.0. The standard InChI is InChI=1S/C53H59N5O10/c1-3-26-57(51(61)39-20-16-36(33-54)17-21-39)48-32-46(56-66-35-38-18-22-41(23-19-38)58(63)64)44-30-40(14-8-10-27-59)43(15-9-11-28-60)49-45-31-42(67-52(62)55-34-37-12-6-5-7-13-37)24-25-47(45)68-53(48,50(44)49)65-29-4-2/h4-7,12-13,16-25,30-31,40,43,48-50,59-60H,2-3,8-11,14-15,26-29,32,34-35H2,1H3,(H,55,62). The second kappa shape index (κ2) is 23.2. The first kappa shape index (κ1) is 49.1. The largest absolute Gasteiger partial charge is 0.459 e. The van der Waals surface area contributed by atoms with Crippen LogP contribution in [-0.4, -0.2) is 75.9 Å². The minimum absolute atomic E-state index is 0.00454. The Morgan fingerprint density at radius 3 is 2.41 bits per heavy atom. The molecule has 1 aliphatic heterocycles. The third-order valence-electron chi connectivity index (χ3n) is 13.1. The molecule has 0 saturated heterocycles. The molecule has 1 saturated carbocycles. The number of fused-ring (bicyclic) bond motifs is 2. The van der Waals surface area contributed by atoms with Crippen LogP contribution in [0.4, 0.5) is 10.5 Å². The number of nitrogens with one attached hydrogen (secondary N) is 1. The van der Waals surface area contributed by atoms with Gasteiger partial charge in [0.2, 0.25) is 5.79 Å². The highest BCUT2D eigenvalue weighted by atomic mass is 16.7. The number of ether oxygens (including phenoxy) is 3. The van der Waals surface area contributed by atoms with Crippen molar-refractivity contribution in [2.75, 3.05) is 26.4 Å². The summed E-state index contributed by atoms with van der Waals surface area (Å²) in [7, 11) is 0. The van der Waals surface area contributed by atoms with Gasteiger partial charge in [-0.3, -0.25) is 14.9 Å². The molecule has 4 aromatic rings. The number of carbonyl (C=O) groups is 2. The predicted octanol–water partition coefficient (Wildman–Crippen LogP) is 9.14. The van der Waals surface area contributed by atoms with Crippen LogP contribution in [0.2, 0.25) is 0 Å². The Morgan fingerprint density at radius 2 is 1.74 bits per heavy atom. The van der Waals surface area contributed by atoms with Crippen molar-refractivity contribution in [1.82, 2.24) is 10.2 Å². The molecule has 3 aliphatic rings. The van der Waals surface area contributed by atoms with E-state index in [1.54, 1.807) is 59.5 Å². The molecule has 2 aliphatic carbocycles. The summed E-state index contributed by atoms with van der Waals surface area (Å²) in [5, 5.41) is 48.6. The number of nitro groups is 1. The van der Waals surface area contributed by atoms with Gasteiger partial charge in [0.25, 0.3) is 11.6 Å². The van der Waals surface area contributed by atoms with Crippen molar-refractivity contribution in [2.45, 2.75) is 89.2 Å². The molecule has 15 heteroatoms. The second-order valence-electron chi connectivity index (χ2n) is 17.4. The Labute approximate surface area is 396 Å². The number of hydrogen-bond acceptors (Lipinski definition) is 12. The molecule has 0 spiro atoms. The zero-order valence-electron chi connectivity index (χ0n) is 38.3. The lowest BCUT2D eigenvalue weighted by Crippen LogP contribution is -2.70. The summed E-state index contributed by atoms with van der Waals surface area (Å²) in [5.41, 5.74) is 4.47. The highest BCUT2D eigenvalue weighted by Crippen LogP contribution is 2.62. The van der Waals surface area contributed by atoms with E-state index in [4.69, 9.17) is 24.2 Å². The van der Waals surface area contributed by atoms with Crippen LogP contribution in [-0.2, 0) is 22.7 Å². The van der Waals surface area contributed by atoms with Crippen molar-refractivity contribution in [3.63, 3.8) is 0 Å². The van der Waals surface area contributed by atoms with E-state index in [0.717, 1.165) is 29.5 Å². The number of nitriles is 1. The Morgan fingerprint density at radius 1 is 1.00 bits per heavy atom. The quantitative estimate of drug-likeness (QED) is 0.0293. The maximum absolute atomic E-state index is 15.0. The summed E-state index contributed by atoms with van der Waals surface area (Å²) in [6, 6.07) is 28.7. The normalized spacial score (nSPS) is 21.8. The topological polar surface area (TPSA) is 206 Å². The molecule has 1 heterocycles. The van der Waals surface area contributed by atoms with E-state index in [1.807, 2.05) is 43.3 Å². The molecule has 356 valence electrons. The number of hydrogen-bond donors (Lipinski definition) is 3. The van der Waals surface area contributed by atoms with E-state index < -0.39 is 28.8 Å². The molecular weight excluding hydrogens is 867 g/mol. The predicted molar refractivity (Wildman–Crippen MR) is 255 cm³/mol. The van der Waals surface area contributed by atoms with Crippen LogP contribution in [0.15, 0.2) is 127 Å². The molecule has 0 bridgehead atoms. The van der Waals surface area contributed by atoms with Gasteiger partial charge in [-0.25, -0.2) is 4.79 Å². The second-order valence-corrected chi connectivity index (χ2v) is 17.4. The van der Waals surface area contributed by atoms with Crippen LogP contribution in [0.5, 0.6) is 11.5 Å². The van der Waals surface area contributed by atoms with Gasteiger partial charge in [-0.15, -0.1) is 6.58 Å². The van der Waals surface area contributed by atoms with Crippen molar-refractivity contribution < 1.29 is 43.8 Å². The van der Waals surface area contributed by atoms with Gasteiger partial charge in [0.05, 0.1) is 34.8 Å². The zero-order valence-corrected chi connectivity index (χ0v) is 38.3. The summed E-state index contributed by atoms with van der Waals surface area (Å²) in [5.74, 6) is -2.18. The van der Waals surface area contributed by atoms with Crippen molar-refractivity contribution in [3.8, 4) is 17.6 Å². The molecule has 7 rings (SSSR count). The smallest absolute Gasteiger partial charge is 0.412 e. The Hall–Kier alpha value is -6.86. The minimum Gasteiger partial charge on any atom is -0.459 e. The molecule has 4 aromatic carbocycles. The van der Waals surface area contributed by atoms with Crippen LogP contribution in [0.3, 0.4) is 0 Å². The van der Waals surface area contributed by atoms with Gasteiger partial charge in [-0.05, 0) is 115 Å². The number of non-ortho nitro benzene ring substituents is 1. The molecule has 3 N–H and O–H groups in total. The number of oxime groups is 1. The first-order valence-electron chi connectivity index (χ1n) is 23.4. The number of nitrogens with zero attached hydrogens (tertiary/aromatic N) is 4. The van der Waals surface area contributed by atoms with Crippen LogP contribution in [0.25, 0.3) is 0 Å². The van der Waals surface area contributed by atoms with Gasteiger partial charge in [0.1, 0.15) is 24.1 Å². The van der Waals surface area contributed by atoms with Crippen molar-refractivity contribution >= 4 is 23.4 Å². The summed E-state index contributed by atoms with van der Waals surface area (Å²) in [6.07, 6.45) is 8.03. The minimum atomic E-state index is -1.53. The SMILES string of the molecule is C=CCOC12Oc3ccc(OC(=O)NCc4ccccc4)cc3C3C(CCCCO)C(CCCCO)C=C(C(=NOCc4ccc([N+](=O)[O-])cc4)CC1N(CCC)C(=O)c1ccc(C#N)cc1)C32. The zero-order chi connectivity index (χ0) is 48.0. The number of aliphatic hydroxyl groups is 2. The maximum atomic E-state index is 15.0. The van der Waals surface area contributed by atoms with Crippen molar-refractivity contribution in [2.24, 2.45) is 22.9 Å². The average molecular weight is 926 g/mol. The molecule has 15 nitrogen and oxygen atoms in total. The van der Waals surface area contributed by atoms with Crippen LogP contribution in [0.1, 0.15) is 96.8 Å². The van der Waals surface area contributed by atoms with Crippen LogP contribution in [0, 0.1) is 39.2 Å². The molecule has 6 unspecified atom stereocenters. The number of aliphatic hydroxyl groups excluding tert-OH is 2. The van der Waals surface area contributed by atoms with Gasteiger partial charge in [-0.1, -0.05) is 67.4 Å². The number of unbranched alkanes of at least 4 members (excludes halogenated alkanes) is 2. The first-order valence-corrected chi connectivity index (χ1v) is 23.4. The van der Waals surface area contributed by atoms with E-state index in [1.165, 1.54) is 12.1 Å². The molecule has 1 fully saturated rings. The summed E-state index contributed by atoms with van der Waals surface area (Å²) in [6.45, 7) is 6.70. The third kappa shape index (κ3) is 11.1. The first-order chi connectivity index (χ1) is 33.1. The summed E-state index contributed by atoms with van der Waals surface area (Å²) >= 11 is 0. The molecule has 6 atom stereocenters. The van der Waals surface area contributed by atoms with Gasteiger partial charge >= 0.3 is 6.09 Å². The fraction of sp³-hybridized carbons (Fsp3) is 0.396. The van der Waals surface area contributed by atoms with Gasteiger partial charge < -0.3 is 39.5 Å². The van der Waals surface area contributed by atoms with E-state index in [-0.39, 0.29) is 68.7 Å². The number of benzene rings is 4.